The average Bonchev–Trinajstić information content (AvgIpc) is 2.57. The van der Waals surface area contributed by atoms with Crippen LogP contribution < -0.4 is 5.32 Å². The number of hydrogen-bond acceptors (Lipinski definition) is 4. The predicted molar refractivity (Wildman–Crippen MR) is 94.8 cm³/mol. The minimum Gasteiger partial charge on any atom is -0.508 e. The zero-order valence-electron chi connectivity index (χ0n) is 14.6. The summed E-state index contributed by atoms with van der Waals surface area (Å²) in [6, 6.07) is 7.82. The number of hydrogen-bond donors (Lipinski definition) is 2. The summed E-state index contributed by atoms with van der Waals surface area (Å²) < 4.78 is 0. The van der Waals surface area contributed by atoms with Crippen LogP contribution in [0.5, 0.6) is 5.75 Å². The number of likely N-dealkylation sites (N-methyl/N-ethyl adjacent to an activating group) is 1. The second-order valence-corrected chi connectivity index (χ2v) is 7.22. The molecule has 1 aromatic carbocycles. The summed E-state index contributed by atoms with van der Waals surface area (Å²) in [6.45, 7) is 3.86. The van der Waals surface area contributed by atoms with Crippen molar-refractivity contribution in [3.63, 3.8) is 0 Å². The van der Waals surface area contributed by atoms with Crippen molar-refractivity contribution in [2.24, 2.45) is 0 Å². The van der Waals surface area contributed by atoms with Crippen molar-refractivity contribution in [2.45, 2.75) is 50.7 Å². The van der Waals surface area contributed by atoms with Crippen molar-refractivity contribution in [2.75, 3.05) is 26.7 Å². The largest absolute Gasteiger partial charge is 0.508 e. The lowest BCUT2D eigenvalue weighted by Gasteiger charge is -2.35. The number of carbonyl (C=O) groups excluding carboxylic acids is 1. The van der Waals surface area contributed by atoms with Crippen molar-refractivity contribution in [1.82, 2.24) is 15.1 Å². The lowest BCUT2D eigenvalue weighted by Crippen LogP contribution is -2.52. The first kappa shape index (κ1) is 17.2. The first-order valence-electron chi connectivity index (χ1n) is 9.13. The van der Waals surface area contributed by atoms with E-state index in [0.717, 1.165) is 57.4 Å². The van der Waals surface area contributed by atoms with E-state index in [4.69, 9.17) is 0 Å². The molecule has 132 valence electrons. The highest BCUT2D eigenvalue weighted by molar-refractivity contribution is 5.82. The summed E-state index contributed by atoms with van der Waals surface area (Å²) in [4.78, 5) is 17.1. The molecule has 0 spiro atoms. The Bertz CT molecular complexity index is 555. The molecular formula is C19H29N3O2. The van der Waals surface area contributed by atoms with Crippen LogP contribution in [0.15, 0.2) is 24.3 Å². The summed E-state index contributed by atoms with van der Waals surface area (Å²) in [5.74, 6) is 0.537. The molecule has 5 heteroatoms. The Balaban J connectivity index is 1.44. The molecule has 2 aliphatic heterocycles. The van der Waals surface area contributed by atoms with Crippen LogP contribution in [-0.4, -0.2) is 59.6 Å². The predicted octanol–water partition coefficient (Wildman–Crippen LogP) is 1.96. The van der Waals surface area contributed by atoms with E-state index in [0.29, 0.717) is 11.8 Å². The van der Waals surface area contributed by atoms with Crippen LogP contribution in [0.25, 0.3) is 0 Å². The molecule has 2 heterocycles. The Labute approximate surface area is 144 Å². The van der Waals surface area contributed by atoms with Gasteiger partial charge in [0.05, 0.1) is 6.04 Å². The molecule has 1 amide bonds. The summed E-state index contributed by atoms with van der Waals surface area (Å²) in [7, 11) is 2.06. The second kappa shape index (κ2) is 7.99. The molecule has 0 bridgehead atoms. The standard InChI is InChI=1S/C19H29N3O2/c1-21-10-3-2-7-18(21)19(24)20-16-8-11-22(12-9-16)14-15-5-4-6-17(23)13-15/h4-6,13,16,18,23H,2-3,7-12,14H2,1H3,(H,20,24)/t18-/m1/s1. The quantitative estimate of drug-likeness (QED) is 0.885. The number of phenols is 1. The van der Waals surface area contributed by atoms with Crippen LogP contribution in [0, 0.1) is 0 Å². The zero-order valence-corrected chi connectivity index (χ0v) is 14.6. The number of nitrogens with one attached hydrogen (secondary N) is 1. The van der Waals surface area contributed by atoms with Gasteiger partial charge in [0.25, 0.3) is 0 Å². The van der Waals surface area contributed by atoms with Gasteiger partial charge in [0, 0.05) is 25.7 Å². The molecule has 0 radical (unpaired) electrons. The van der Waals surface area contributed by atoms with E-state index in [1.165, 1.54) is 6.42 Å². The van der Waals surface area contributed by atoms with Gasteiger partial charge in [-0.1, -0.05) is 18.6 Å². The lowest BCUT2D eigenvalue weighted by molar-refractivity contribution is -0.128. The number of nitrogens with zero attached hydrogens (tertiary/aromatic N) is 2. The fourth-order valence-corrected chi connectivity index (χ4v) is 3.85. The van der Waals surface area contributed by atoms with E-state index in [9.17, 15) is 9.90 Å². The molecule has 0 unspecified atom stereocenters. The third-order valence-electron chi connectivity index (χ3n) is 5.32. The van der Waals surface area contributed by atoms with Gasteiger partial charge < -0.3 is 10.4 Å². The van der Waals surface area contributed by atoms with Gasteiger partial charge in [-0.15, -0.1) is 0 Å². The minimum atomic E-state index is 0.0593. The van der Waals surface area contributed by atoms with E-state index in [2.05, 4.69) is 22.2 Å². The van der Waals surface area contributed by atoms with Gasteiger partial charge in [-0.3, -0.25) is 14.6 Å². The normalized spacial score (nSPS) is 24.0. The number of carbonyl (C=O) groups is 1. The van der Waals surface area contributed by atoms with E-state index < -0.39 is 0 Å². The van der Waals surface area contributed by atoms with Crippen LogP contribution in [0.4, 0.5) is 0 Å². The number of phenolic OH excluding ortho intramolecular Hbond substituents is 1. The average molecular weight is 331 g/mol. The monoisotopic (exact) mass is 331 g/mol. The number of likely N-dealkylation sites (tertiary alicyclic amines) is 2. The highest BCUT2D eigenvalue weighted by Crippen LogP contribution is 2.19. The molecule has 2 saturated heterocycles. The number of rotatable bonds is 4. The summed E-state index contributed by atoms with van der Waals surface area (Å²) in [5, 5.41) is 12.8. The highest BCUT2D eigenvalue weighted by Gasteiger charge is 2.28. The van der Waals surface area contributed by atoms with Gasteiger partial charge in [-0.2, -0.15) is 0 Å². The third kappa shape index (κ3) is 4.48. The molecule has 2 fully saturated rings. The number of piperidine rings is 2. The smallest absolute Gasteiger partial charge is 0.237 e. The Hall–Kier alpha value is -1.59. The van der Waals surface area contributed by atoms with Gasteiger partial charge in [-0.05, 0) is 57.0 Å². The van der Waals surface area contributed by atoms with Gasteiger partial charge in [0.15, 0.2) is 0 Å². The van der Waals surface area contributed by atoms with Gasteiger partial charge in [-0.25, -0.2) is 0 Å². The lowest BCUT2D eigenvalue weighted by atomic mass is 10.00. The maximum atomic E-state index is 12.5. The molecule has 1 aromatic rings. The summed E-state index contributed by atoms with van der Waals surface area (Å²) >= 11 is 0. The molecule has 2 aliphatic rings. The summed E-state index contributed by atoms with van der Waals surface area (Å²) in [6.07, 6.45) is 5.35. The fourth-order valence-electron chi connectivity index (χ4n) is 3.85. The van der Waals surface area contributed by atoms with E-state index >= 15 is 0 Å². The van der Waals surface area contributed by atoms with E-state index in [1.54, 1.807) is 6.07 Å². The van der Waals surface area contributed by atoms with E-state index in [1.807, 2.05) is 18.2 Å². The van der Waals surface area contributed by atoms with Crippen LogP contribution >= 0.6 is 0 Å². The third-order valence-corrected chi connectivity index (χ3v) is 5.32. The topological polar surface area (TPSA) is 55.8 Å². The molecule has 1 atom stereocenters. The SMILES string of the molecule is CN1CCCC[C@@H]1C(=O)NC1CCN(Cc2cccc(O)c2)CC1. The highest BCUT2D eigenvalue weighted by atomic mass is 16.3. The number of benzene rings is 1. The van der Waals surface area contributed by atoms with Crippen LogP contribution in [0.1, 0.15) is 37.7 Å². The zero-order chi connectivity index (χ0) is 16.9. The Morgan fingerprint density at radius 1 is 1.21 bits per heavy atom. The van der Waals surface area contributed by atoms with Crippen molar-refractivity contribution >= 4 is 5.91 Å². The molecule has 2 N–H and O–H groups in total. The maximum absolute atomic E-state index is 12.5. The molecule has 0 saturated carbocycles. The Morgan fingerprint density at radius 2 is 2.00 bits per heavy atom. The van der Waals surface area contributed by atoms with Gasteiger partial charge in [0.2, 0.25) is 5.91 Å². The number of aromatic hydroxyl groups is 1. The van der Waals surface area contributed by atoms with Gasteiger partial charge in [0.1, 0.15) is 5.75 Å². The molecular weight excluding hydrogens is 302 g/mol. The number of amides is 1. The molecule has 0 aliphatic carbocycles. The van der Waals surface area contributed by atoms with Crippen LogP contribution in [-0.2, 0) is 11.3 Å². The van der Waals surface area contributed by atoms with Crippen LogP contribution in [0.2, 0.25) is 0 Å². The minimum absolute atomic E-state index is 0.0593. The second-order valence-electron chi connectivity index (χ2n) is 7.22. The van der Waals surface area contributed by atoms with Crippen molar-refractivity contribution in [3.8, 4) is 5.75 Å². The maximum Gasteiger partial charge on any atom is 0.237 e. The molecule has 5 nitrogen and oxygen atoms in total. The Kier molecular flexibility index (Phi) is 5.74. The Morgan fingerprint density at radius 3 is 2.71 bits per heavy atom. The summed E-state index contributed by atoms with van der Waals surface area (Å²) in [5.41, 5.74) is 1.14. The van der Waals surface area contributed by atoms with Crippen LogP contribution in [0.3, 0.4) is 0 Å². The first-order valence-corrected chi connectivity index (χ1v) is 9.13. The molecule has 24 heavy (non-hydrogen) atoms. The molecule has 3 rings (SSSR count). The molecule has 0 aromatic heterocycles. The first-order chi connectivity index (χ1) is 11.6. The van der Waals surface area contributed by atoms with E-state index in [-0.39, 0.29) is 11.9 Å². The van der Waals surface area contributed by atoms with Crippen molar-refractivity contribution < 1.29 is 9.90 Å². The van der Waals surface area contributed by atoms with Crippen molar-refractivity contribution in [1.29, 1.82) is 0 Å². The fraction of sp³-hybridized carbons (Fsp3) is 0.632. The van der Waals surface area contributed by atoms with Gasteiger partial charge >= 0.3 is 0 Å². The van der Waals surface area contributed by atoms with Crippen molar-refractivity contribution in [3.05, 3.63) is 29.8 Å².